The van der Waals surface area contributed by atoms with Gasteiger partial charge in [0.05, 0.1) is 0 Å². The molecule has 0 unspecified atom stereocenters. The minimum Gasteiger partial charge on any atom is -0.478 e. The summed E-state index contributed by atoms with van der Waals surface area (Å²) in [6.07, 6.45) is 1.94. The Bertz CT molecular complexity index is 1710. The van der Waals surface area contributed by atoms with Crippen molar-refractivity contribution in [1.29, 1.82) is 0 Å². The molecule has 4 aromatic carbocycles. The van der Waals surface area contributed by atoms with Crippen LogP contribution in [0, 0.1) is 23.7 Å². The van der Waals surface area contributed by atoms with Gasteiger partial charge in [0.15, 0.2) is 0 Å². The Kier molecular flexibility index (Phi) is 9.98. The molecule has 4 nitrogen and oxygen atoms in total. The van der Waals surface area contributed by atoms with Gasteiger partial charge in [0.25, 0.3) is 0 Å². The molecule has 2 heterocycles. The highest BCUT2D eigenvalue weighted by molar-refractivity contribution is 5.46. The van der Waals surface area contributed by atoms with E-state index in [0.29, 0.717) is 13.5 Å². The van der Waals surface area contributed by atoms with Gasteiger partial charge < -0.3 is 9.47 Å². The number of rotatable bonds is 6. The Morgan fingerprint density at radius 3 is 1.31 bits per heavy atom. The average molecular weight is 637 g/mol. The van der Waals surface area contributed by atoms with Crippen LogP contribution in [0.3, 0.4) is 0 Å². The molecule has 0 fully saturated rings. The first kappa shape index (κ1) is 33.4. The Morgan fingerprint density at radius 2 is 0.938 bits per heavy atom. The van der Waals surface area contributed by atoms with Crippen molar-refractivity contribution in [3.63, 3.8) is 0 Å². The van der Waals surface area contributed by atoms with Gasteiger partial charge in [0.1, 0.15) is 25.0 Å². The predicted molar refractivity (Wildman–Crippen MR) is 196 cm³/mol. The van der Waals surface area contributed by atoms with Gasteiger partial charge in [0.2, 0.25) is 0 Å². The smallest absolute Gasteiger partial charge is 0.142 e. The molecule has 0 amide bonds. The van der Waals surface area contributed by atoms with Crippen LogP contribution in [-0.4, -0.2) is 36.4 Å². The Hall–Kier alpha value is -4.48. The van der Waals surface area contributed by atoms with Crippen LogP contribution in [0.2, 0.25) is 0 Å². The van der Waals surface area contributed by atoms with Crippen molar-refractivity contribution < 1.29 is 9.47 Å². The van der Waals surface area contributed by atoms with Crippen LogP contribution in [0.5, 0.6) is 11.5 Å². The second-order valence-electron chi connectivity index (χ2n) is 15.2. The van der Waals surface area contributed by atoms with Crippen LogP contribution in [0.1, 0.15) is 86.1 Å². The minimum absolute atomic E-state index is 0.134. The lowest BCUT2D eigenvalue weighted by Crippen LogP contribution is -2.33. The van der Waals surface area contributed by atoms with Gasteiger partial charge in [-0.25, -0.2) is 0 Å². The van der Waals surface area contributed by atoms with Crippen LogP contribution in [-0.2, 0) is 36.8 Å². The Labute approximate surface area is 288 Å². The number of ether oxygens (including phenoxy) is 2. The molecule has 4 heteroatoms. The molecule has 246 valence electrons. The SMILES string of the molecule is CC(C)(C)c1ccc2c(c1)CN(CCc1ccc(C#CC#Cc3ccc(CCN4COc5ccc(C(C)(C)C)cc5C4)cc3)cc1)CO2. The van der Waals surface area contributed by atoms with Gasteiger partial charge in [-0.15, -0.1) is 0 Å². The molecule has 2 aliphatic rings. The minimum atomic E-state index is 0.134. The molecule has 6 rings (SSSR count). The van der Waals surface area contributed by atoms with Crippen LogP contribution in [0.25, 0.3) is 0 Å². The number of fused-ring (bicyclic) bond motifs is 2. The summed E-state index contributed by atoms with van der Waals surface area (Å²) >= 11 is 0. The van der Waals surface area contributed by atoms with E-state index >= 15 is 0 Å². The number of hydrogen-bond acceptors (Lipinski definition) is 4. The maximum absolute atomic E-state index is 6.05. The molecule has 0 atom stereocenters. The molecule has 0 aliphatic carbocycles. The second-order valence-corrected chi connectivity index (χ2v) is 15.2. The molecule has 2 aliphatic heterocycles. The van der Waals surface area contributed by atoms with Crippen LogP contribution in [0.15, 0.2) is 84.9 Å². The fourth-order valence-corrected chi connectivity index (χ4v) is 6.09. The van der Waals surface area contributed by atoms with E-state index in [1.54, 1.807) is 0 Å². The molecule has 0 radical (unpaired) electrons. The van der Waals surface area contributed by atoms with Crippen molar-refractivity contribution in [1.82, 2.24) is 9.80 Å². The van der Waals surface area contributed by atoms with E-state index in [1.807, 2.05) is 0 Å². The van der Waals surface area contributed by atoms with E-state index < -0.39 is 0 Å². The maximum Gasteiger partial charge on any atom is 0.142 e. The fraction of sp³-hybridized carbons (Fsp3) is 0.364. The highest BCUT2D eigenvalue weighted by Gasteiger charge is 2.22. The first-order chi connectivity index (χ1) is 23.0. The van der Waals surface area contributed by atoms with Crippen molar-refractivity contribution in [3.8, 4) is 35.2 Å². The molecular weight excluding hydrogens is 588 g/mol. The molecule has 0 spiro atoms. The van der Waals surface area contributed by atoms with Crippen LogP contribution in [0.4, 0.5) is 0 Å². The third-order valence-electron chi connectivity index (χ3n) is 9.26. The monoisotopic (exact) mass is 636 g/mol. The fourth-order valence-electron chi connectivity index (χ4n) is 6.09. The summed E-state index contributed by atoms with van der Waals surface area (Å²) in [6, 6.07) is 30.3. The van der Waals surface area contributed by atoms with E-state index in [0.717, 1.165) is 61.6 Å². The molecule has 48 heavy (non-hydrogen) atoms. The average Bonchev–Trinajstić information content (AvgIpc) is 3.08. The van der Waals surface area contributed by atoms with E-state index in [-0.39, 0.29) is 10.8 Å². The summed E-state index contributed by atoms with van der Waals surface area (Å²) in [5.74, 6) is 14.5. The number of nitrogens with zero attached hydrogens (tertiary/aromatic N) is 2. The van der Waals surface area contributed by atoms with Crippen molar-refractivity contribution in [2.75, 3.05) is 26.6 Å². The largest absolute Gasteiger partial charge is 0.478 e. The quantitative estimate of drug-likeness (QED) is 0.198. The summed E-state index contributed by atoms with van der Waals surface area (Å²) in [4.78, 5) is 4.74. The van der Waals surface area contributed by atoms with E-state index in [4.69, 9.17) is 9.47 Å². The first-order valence-corrected chi connectivity index (χ1v) is 17.2. The molecule has 0 N–H and O–H groups in total. The topological polar surface area (TPSA) is 24.9 Å². The van der Waals surface area contributed by atoms with E-state index in [2.05, 4.69) is 160 Å². The highest BCUT2D eigenvalue weighted by Crippen LogP contribution is 2.32. The number of hydrogen-bond donors (Lipinski definition) is 0. The van der Waals surface area contributed by atoms with E-state index in [9.17, 15) is 0 Å². The standard InChI is InChI=1S/C44H48N2O2/c1-43(2,3)39-19-21-41-37(27-39)29-45(31-47-41)25-23-35-15-11-33(12-16-35)9-7-8-10-34-13-17-36(18-14-34)24-26-46-30-38-28-40(44(4,5)6)20-22-42(38)48-32-46/h11-22,27-28H,23-26,29-32H2,1-6H3. The van der Waals surface area contributed by atoms with Crippen molar-refractivity contribution >= 4 is 0 Å². The lowest BCUT2D eigenvalue weighted by atomic mass is 9.86. The first-order valence-electron chi connectivity index (χ1n) is 17.2. The highest BCUT2D eigenvalue weighted by atomic mass is 16.5. The molecule has 4 aromatic rings. The van der Waals surface area contributed by atoms with Gasteiger partial charge >= 0.3 is 0 Å². The predicted octanol–water partition coefficient (Wildman–Crippen LogP) is 8.47. The van der Waals surface area contributed by atoms with Gasteiger partial charge in [-0.3, -0.25) is 9.80 Å². The lowest BCUT2D eigenvalue weighted by Gasteiger charge is -2.30. The molecule has 0 bridgehead atoms. The van der Waals surface area contributed by atoms with Gasteiger partial charge in [-0.05, 0) is 94.2 Å². The van der Waals surface area contributed by atoms with Crippen LogP contribution >= 0.6 is 0 Å². The molecule has 0 saturated heterocycles. The summed E-state index contributed by atoms with van der Waals surface area (Å²) < 4.78 is 12.1. The zero-order chi connectivity index (χ0) is 33.7. The van der Waals surface area contributed by atoms with Crippen LogP contribution < -0.4 is 9.47 Å². The second kappa shape index (κ2) is 14.3. The summed E-state index contributed by atoms with van der Waals surface area (Å²) in [5, 5.41) is 0. The van der Waals surface area contributed by atoms with Crippen molar-refractivity contribution in [2.24, 2.45) is 0 Å². The molecular formula is C44H48N2O2. The van der Waals surface area contributed by atoms with Gasteiger partial charge in [0, 0.05) is 48.4 Å². The third kappa shape index (κ3) is 8.70. The third-order valence-corrected chi connectivity index (χ3v) is 9.26. The molecule has 0 saturated carbocycles. The Morgan fingerprint density at radius 1 is 0.542 bits per heavy atom. The lowest BCUT2D eigenvalue weighted by molar-refractivity contribution is 0.0963. The summed E-state index contributed by atoms with van der Waals surface area (Å²) in [5.41, 5.74) is 10.1. The van der Waals surface area contributed by atoms with E-state index in [1.165, 1.54) is 33.4 Å². The maximum atomic E-state index is 6.05. The number of benzene rings is 4. The zero-order valence-electron chi connectivity index (χ0n) is 29.5. The van der Waals surface area contributed by atoms with Gasteiger partial charge in [-0.2, -0.15) is 0 Å². The van der Waals surface area contributed by atoms with Crippen molar-refractivity contribution in [2.45, 2.75) is 78.3 Å². The van der Waals surface area contributed by atoms with Crippen molar-refractivity contribution in [3.05, 3.63) is 129 Å². The zero-order valence-corrected chi connectivity index (χ0v) is 29.5. The molecule has 0 aromatic heterocycles. The summed E-state index contributed by atoms with van der Waals surface area (Å²) in [6.45, 7) is 18.5. The summed E-state index contributed by atoms with van der Waals surface area (Å²) in [7, 11) is 0. The van der Waals surface area contributed by atoms with Gasteiger partial charge in [-0.1, -0.05) is 102 Å². The normalized spacial score (nSPS) is 14.7. The Balaban J connectivity index is 0.951.